The van der Waals surface area contributed by atoms with Gasteiger partial charge in [-0.3, -0.25) is 0 Å². The van der Waals surface area contributed by atoms with Crippen molar-refractivity contribution in [2.24, 2.45) is 0 Å². The van der Waals surface area contributed by atoms with E-state index in [1.165, 1.54) is 0 Å². The minimum absolute atomic E-state index is 0.105. The lowest BCUT2D eigenvalue weighted by molar-refractivity contribution is 0.226. The Kier molecular flexibility index (Phi) is 4.13. The van der Waals surface area contributed by atoms with E-state index in [-0.39, 0.29) is 6.10 Å². The summed E-state index contributed by atoms with van der Waals surface area (Å²) >= 11 is 0. The van der Waals surface area contributed by atoms with Crippen molar-refractivity contribution in [1.82, 2.24) is 0 Å². The van der Waals surface area contributed by atoms with Crippen molar-refractivity contribution < 1.29 is 13.9 Å². The van der Waals surface area contributed by atoms with Gasteiger partial charge in [-0.1, -0.05) is 30.3 Å². The number of ether oxygens (including phenoxy) is 2. The molecule has 0 spiro atoms. The summed E-state index contributed by atoms with van der Waals surface area (Å²) in [6, 6.07) is 25.5. The van der Waals surface area contributed by atoms with E-state index in [1.54, 1.807) is 6.26 Å². The molecule has 0 N–H and O–H groups in total. The molecule has 0 aliphatic heterocycles. The lowest BCUT2D eigenvalue weighted by atomic mass is 10.1. The Balaban J connectivity index is 1.51. The van der Waals surface area contributed by atoms with E-state index < -0.39 is 0 Å². The third-order valence-corrected chi connectivity index (χ3v) is 4.05. The molecule has 4 rings (SSSR count). The molecule has 0 aliphatic carbocycles. The van der Waals surface area contributed by atoms with Gasteiger partial charge in [-0.2, -0.15) is 0 Å². The second-order valence-corrected chi connectivity index (χ2v) is 5.87. The Labute approximate surface area is 146 Å². The summed E-state index contributed by atoms with van der Waals surface area (Å²) in [6.45, 7) is 2.02. The van der Waals surface area contributed by atoms with Gasteiger partial charge in [0, 0.05) is 11.5 Å². The fraction of sp³-hybridized carbons (Fsp3) is 0.0909. The molecule has 3 nitrogen and oxygen atoms in total. The summed E-state index contributed by atoms with van der Waals surface area (Å²) < 4.78 is 17.4. The zero-order valence-corrected chi connectivity index (χ0v) is 13.9. The maximum Gasteiger partial charge on any atom is 0.137 e. The van der Waals surface area contributed by atoms with Crippen LogP contribution in [0.1, 0.15) is 18.6 Å². The van der Waals surface area contributed by atoms with E-state index in [0.717, 1.165) is 33.8 Å². The average Bonchev–Trinajstić information content (AvgIpc) is 3.10. The van der Waals surface area contributed by atoms with Crippen LogP contribution in [0.15, 0.2) is 89.5 Å². The lowest BCUT2D eigenvalue weighted by Crippen LogP contribution is -2.03. The van der Waals surface area contributed by atoms with Crippen molar-refractivity contribution in [2.45, 2.75) is 13.0 Å². The number of rotatable bonds is 5. The summed E-state index contributed by atoms with van der Waals surface area (Å²) in [6.07, 6.45) is 1.58. The monoisotopic (exact) mass is 330 g/mol. The van der Waals surface area contributed by atoms with Crippen LogP contribution in [0.3, 0.4) is 0 Å². The Bertz CT molecular complexity index is 973. The van der Waals surface area contributed by atoms with E-state index in [0.29, 0.717) is 0 Å². The van der Waals surface area contributed by atoms with Crippen LogP contribution < -0.4 is 9.47 Å². The SMILES string of the molecule is CC(Oc1ccc2ccoc2c1)c1cccc(Oc2ccccc2)c1. The van der Waals surface area contributed by atoms with E-state index >= 15 is 0 Å². The van der Waals surface area contributed by atoms with Gasteiger partial charge < -0.3 is 13.9 Å². The van der Waals surface area contributed by atoms with E-state index in [1.807, 2.05) is 85.8 Å². The Hall–Kier alpha value is -3.20. The van der Waals surface area contributed by atoms with Crippen molar-refractivity contribution in [2.75, 3.05) is 0 Å². The molecule has 0 radical (unpaired) electrons. The normalized spacial score (nSPS) is 12.0. The van der Waals surface area contributed by atoms with Gasteiger partial charge in [0.15, 0.2) is 0 Å². The minimum Gasteiger partial charge on any atom is -0.486 e. The molecule has 25 heavy (non-hydrogen) atoms. The molecule has 1 unspecified atom stereocenters. The van der Waals surface area contributed by atoms with Crippen molar-refractivity contribution in [3.8, 4) is 17.2 Å². The number of para-hydroxylation sites is 1. The van der Waals surface area contributed by atoms with Crippen LogP contribution in [-0.4, -0.2) is 0 Å². The summed E-state index contributed by atoms with van der Waals surface area (Å²) in [5.41, 5.74) is 1.87. The first-order chi connectivity index (χ1) is 12.3. The third kappa shape index (κ3) is 3.50. The first-order valence-electron chi connectivity index (χ1n) is 8.25. The van der Waals surface area contributed by atoms with Gasteiger partial charge >= 0.3 is 0 Å². The van der Waals surface area contributed by atoms with Crippen LogP contribution in [0, 0.1) is 0 Å². The standard InChI is InChI=1S/C22H18O3/c1-16(24-21-11-10-17-12-13-23-22(17)15-21)18-6-5-9-20(14-18)25-19-7-3-2-4-8-19/h2-16H,1H3. The Morgan fingerprint density at radius 3 is 2.48 bits per heavy atom. The Morgan fingerprint density at radius 2 is 1.60 bits per heavy atom. The highest BCUT2D eigenvalue weighted by Crippen LogP contribution is 2.29. The Morgan fingerprint density at radius 1 is 0.760 bits per heavy atom. The van der Waals surface area contributed by atoms with Crippen LogP contribution in [0.2, 0.25) is 0 Å². The van der Waals surface area contributed by atoms with E-state index in [2.05, 4.69) is 0 Å². The average molecular weight is 330 g/mol. The second-order valence-electron chi connectivity index (χ2n) is 5.87. The van der Waals surface area contributed by atoms with Gasteiger partial charge in [-0.15, -0.1) is 0 Å². The van der Waals surface area contributed by atoms with Gasteiger partial charge in [0.05, 0.1) is 6.26 Å². The molecule has 0 saturated carbocycles. The molecule has 3 aromatic carbocycles. The summed E-state index contributed by atoms with van der Waals surface area (Å²) in [7, 11) is 0. The van der Waals surface area contributed by atoms with E-state index in [9.17, 15) is 0 Å². The van der Waals surface area contributed by atoms with Gasteiger partial charge in [0.1, 0.15) is 28.9 Å². The van der Waals surface area contributed by atoms with Gasteiger partial charge in [-0.05, 0) is 55.0 Å². The zero-order valence-electron chi connectivity index (χ0n) is 13.9. The fourth-order valence-corrected chi connectivity index (χ4v) is 2.74. The molecular weight excluding hydrogens is 312 g/mol. The largest absolute Gasteiger partial charge is 0.486 e. The predicted molar refractivity (Wildman–Crippen MR) is 98.2 cm³/mol. The van der Waals surface area contributed by atoms with Gasteiger partial charge in [0.2, 0.25) is 0 Å². The highest BCUT2D eigenvalue weighted by atomic mass is 16.5. The molecular formula is C22H18O3. The quantitative estimate of drug-likeness (QED) is 0.426. The molecule has 3 heteroatoms. The predicted octanol–water partition coefficient (Wildman–Crippen LogP) is 6.37. The molecule has 1 aromatic heterocycles. The number of furan rings is 1. The summed E-state index contributed by atoms with van der Waals surface area (Å²) in [5.74, 6) is 2.39. The zero-order chi connectivity index (χ0) is 17.1. The number of hydrogen-bond donors (Lipinski definition) is 0. The highest BCUT2D eigenvalue weighted by Gasteiger charge is 2.10. The second kappa shape index (κ2) is 6.73. The molecule has 0 amide bonds. The lowest BCUT2D eigenvalue weighted by Gasteiger charge is -2.16. The number of benzene rings is 3. The first kappa shape index (κ1) is 15.3. The van der Waals surface area contributed by atoms with Crippen LogP contribution in [0.25, 0.3) is 11.0 Å². The molecule has 0 aliphatic rings. The van der Waals surface area contributed by atoms with Crippen molar-refractivity contribution >= 4 is 11.0 Å². The smallest absolute Gasteiger partial charge is 0.137 e. The maximum absolute atomic E-state index is 6.07. The maximum atomic E-state index is 6.07. The van der Waals surface area contributed by atoms with Gasteiger partial charge in [-0.25, -0.2) is 0 Å². The van der Waals surface area contributed by atoms with Gasteiger partial charge in [0.25, 0.3) is 0 Å². The molecule has 0 saturated heterocycles. The van der Waals surface area contributed by atoms with Crippen molar-refractivity contribution in [3.63, 3.8) is 0 Å². The van der Waals surface area contributed by atoms with Crippen LogP contribution >= 0.6 is 0 Å². The molecule has 0 fully saturated rings. The van der Waals surface area contributed by atoms with Crippen molar-refractivity contribution in [3.05, 3.63) is 90.7 Å². The van der Waals surface area contributed by atoms with E-state index in [4.69, 9.17) is 13.9 Å². The molecule has 1 atom stereocenters. The van der Waals surface area contributed by atoms with Crippen LogP contribution in [0.5, 0.6) is 17.2 Å². The summed E-state index contributed by atoms with van der Waals surface area (Å²) in [5, 5.41) is 1.07. The topological polar surface area (TPSA) is 31.6 Å². The summed E-state index contributed by atoms with van der Waals surface area (Å²) in [4.78, 5) is 0. The fourth-order valence-electron chi connectivity index (χ4n) is 2.74. The molecule has 0 bridgehead atoms. The number of hydrogen-bond acceptors (Lipinski definition) is 3. The van der Waals surface area contributed by atoms with Crippen molar-refractivity contribution in [1.29, 1.82) is 0 Å². The molecule has 4 aromatic rings. The first-order valence-corrected chi connectivity index (χ1v) is 8.25. The van der Waals surface area contributed by atoms with Crippen LogP contribution in [-0.2, 0) is 0 Å². The minimum atomic E-state index is -0.105. The highest BCUT2D eigenvalue weighted by molar-refractivity contribution is 5.78. The van der Waals surface area contributed by atoms with Crippen LogP contribution in [0.4, 0.5) is 0 Å². The third-order valence-electron chi connectivity index (χ3n) is 4.05. The molecule has 124 valence electrons. The number of fused-ring (bicyclic) bond motifs is 1. The molecule has 1 heterocycles.